The smallest absolute Gasteiger partial charge is 0.171 e. The van der Waals surface area contributed by atoms with E-state index in [1.54, 1.807) is 18.2 Å². The molecule has 0 atom stereocenters. The molecular formula is C15H13Cl2FN2S. The molecule has 0 amide bonds. The van der Waals surface area contributed by atoms with Crippen molar-refractivity contribution in [3.05, 3.63) is 63.4 Å². The molecule has 0 heterocycles. The van der Waals surface area contributed by atoms with Crippen LogP contribution in [0.5, 0.6) is 0 Å². The molecule has 2 N–H and O–H groups in total. The second-order valence-electron chi connectivity index (χ2n) is 4.50. The minimum atomic E-state index is -0.361. The first-order valence-corrected chi connectivity index (χ1v) is 7.37. The molecule has 0 aliphatic rings. The van der Waals surface area contributed by atoms with E-state index in [9.17, 15) is 4.39 Å². The first kappa shape index (κ1) is 16.0. The predicted molar refractivity (Wildman–Crippen MR) is 90.7 cm³/mol. The van der Waals surface area contributed by atoms with E-state index in [0.717, 1.165) is 11.3 Å². The predicted octanol–water partition coefficient (Wildman–Crippen LogP) is 4.93. The van der Waals surface area contributed by atoms with E-state index in [1.807, 2.05) is 19.1 Å². The summed E-state index contributed by atoms with van der Waals surface area (Å²) in [6.45, 7) is 2.21. The van der Waals surface area contributed by atoms with Crippen LogP contribution in [0.25, 0.3) is 0 Å². The van der Waals surface area contributed by atoms with E-state index in [4.69, 9.17) is 35.4 Å². The molecule has 21 heavy (non-hydrogen) atoms. The SMILES string of the molecule is Cc1cc(Cl)ccc1NC(=S)NCc1ccc(Cl)cc1F. The molecule has 0 aromatic heterocycles. The highest BCUT2D eigenvalue weighted by Gasteiger charge is 2.05. The molecule has 6 heteroatoms. The molecule has 0 radical (unpaired) electrons. The third-order valence-electron chi connectivity index (χ3n) is 2.89. The minimum Gasteiger partial charge on any atom is -0.358 e. The Morgan fingerprint density at radius 3 is 2.48 bits per heavy atom. The quantitative estimate of drug-likeness (QED) is 0.773. The standard InChI is InChI=1S/C15H13Cl2FN2S/c1-9-6-11(16)4-5-14(9)20-15(21)19-8-10-2-3-12(17)7-13(10)18/h2-7H,8H2,1H3,(H2,19,20,21). The summed E-state index contributed by atoms with van der Waals surface area (Å²) in [6, 6.07) is 10.00. The average Bonchev–Trinajstić information content (AvgIpc) is 2.41. The van der Waals surface area contributed by atoms with Crippen molar-refractivity contribution in [1.29, 1.82) is 0 Å². The van der Waals surface area contributed by atoms with Crippen LogP contribution in [0.2, 0.25) is 10.0 Å². The van der Waals surface area contributed by atoms with Crippen molar-refractivity contribution in [3.8, 4) is 0 Å². The van der Waals surface area contributed by atoms with Crippen LogP contribution in [0.15, 0.2) is 36.4 Å². The van der Waals surface area contributed by atoms with Gasteiger partial charge in [0.15, 0.2) is 5.11 Å². The van der Waals surface area contributed by atoms with E-state index < -0.39 is 0 Å². The first-order valence-electron chi connectivity index (χ1n) is 6.20. The number of aryl methyl sites for hydroxylation is 1. The molecule has 0 saturated carbocycles. The van der Waals surface area contributed by atoms with Crippen molar-refractivity contribution in [2.24, 2.45) is 0 Å². The van der Waals surface area contributed by atoms with Gasteiger partial charge >= 0.3 is 0 Å². The summed E-state index contributed by atoms with van der Waals surface area (Å²) in [5.74, 6) is -0.361. The Morgan fingerprint density at radius 2 is 1.81 bits per heavy atom. The van der Waals surface area contributed by atoms with Crippen molar-refractivity contribution in [3.63, 3.8) is 0 Å². The van der Waals surface area contributed by atoms with Crippen LogP contribution in [0, 0.1) is 12.7 Å². The lowest BCUT2D eigenvalue weighted by Gasteiger charge is -2.13. The summed E-state index contributed by atoms with van der Waals surface area (Å²) in [4.78, 5) is 0. The number of hydrogen-bond acceptors (Lipinski definition) is 1. The van der Waals surface area contributed by atoms with E-state index in [2.05, 4.69) is 10.6 Å². The van der Waals surface area contributed by atoms with Gasteiger partial charge in [0.2, 0.25) is 0 Å². The Kier molecular flexibility index (Phi) is 5.39. The van der Waals surface area contributed by atoms with Gasteiger partial charge in [-0.15, -0.1) is 0 Å². The number of hydrogen-bond donors (Lipinski definition) is 2. The molecule has 0 unspecified atom stereocenters. The van der Waals surface area contributed by atoms with Gasteiger partial charge in [0.05, 0.1) is 0 Å². The maximum absolute atomic E-state index is 13.6. The lowest BCUT2D eigenvalue weighted by atomic mass is 10.2. The lowest BCUT2D eigenvalue weighted by molar-refractivity contribution is 0.606. The fourth-order valence-electron chi connectivity index (χ4n) is 1.77. The maximum Gasteiger partial charge on any atom is 0.171 e. The third kappa shape index (κ3) is 4.56. The molecule has 2 aromatic carbocycles. The monoisotopic (exact) mass is 342 g/mol. The van der Waals surface area contributed by atoms with Crippen molar-refractivity contribution in [2.75, 3.05) is 5.32 Å². The summed E-state index contributed by atoms with van der Waals surface area (Å²) >= 11 is 16.8. The zero-order chi connectivity index (χ0) is 15.4. The molecule has 0 spiro atoms. The zero-order valence-corrected chi connectivity index (χ0v) is 13.5. The Bertz CT molecular complexity index is 677. The Morgan fingerprint density at radius 1 is 1.14 bits per heavy atom. The van der Waals surface area contributed by atoms with Crippen LogP contribution >= 0.6 is 35.4 Å². The summed E-state index contributed by atoms with van der Waals surface area (Å²) in [6.07, 6.45) is 0. The van der Waals surface area contributed by atoms with E-state index in [-0.39, 0.29) is 12.4 Å². The third-order valence-corrected chi connectivity index (χ3v) is 3.61. The summed E-state index contributed by atoms with van der Waals surface area (Å²) in [7, 11) is 0. The number of thiocarbonyl (C=S) groups is 1. The molecule has 0 bridgehead atoms. The van der Waals surface area contributed by atoms with E-state index in [0.29, 0.717) is 20.7 Å². The highest BCUT2D eigenvalue weighted by atomic mass is 35.5. The van der Waals surface area contributed by atoms with Crippen LogP contribution < -0.4 is 10.6 Å². The van der Waals surface area contributed by atoms with Gasteiger partial charge in [-0.05, 0) is 55.0 Å². The highest BCUT2D eigenvalue weighted by molar-refractivity contribution is 7.80. The van der Waals surface area contributed by atoms with Crippen molar-refractivity contribution < 1.29 is 4.39 Å². The van der Waals surface area contributed by atoms with Crippen molar-refractivity contribution in [2.45, 2.75) is 13.5 Å². The van der Waals surface area contributed by atoms with Crippen LogP contribution in [-0.4, -0.2) is 5.11 Å². The van der Waals surface area contributed by atoms with Crippen LogP contribution in [0.3, 0.4) is 0 Å². The topological polar surface area (TPSA) is 24.1 Å². The van der Waals surface area contributed by atoms with Gasteiger partial charge in [-0.1, -0.05) is 29.3 Å². The molecule has 0 aliphatic heterocycles. The molecule has 2 rings (SSSR count). The van der Waals surface area contributed by atoms with E-state index >= 15 is 0 Å². The van der Waals surface area contributed by atoms with Gasteiger partial charge in [0, 0.05) is 27.8 Å². The molecule has 110 valence electrons. The zero-order valence-electron chi connectivity index (χ0n) is 11.2. The molecule has 0 aliphatic carbocycles. The molecule has 0 saturated heterocycles. The molecular weight excluding hydrogens is 330 g/mol. The molecule has 2 aromatic rings. The Hall–Kier alpha value is -1.36. The molecule has 2 nitrogen and oxygen atoms in total. The maximum atomic E-state index is 13.6. The van der Waals surface area contributed by atoms with E-state index in [1.165, 1.54) is 6.07 Å². The van der Waals surface area contributed by atoms with Crippen molar-refractivity contribution >= 4 is 46.2 Å². The van der Waals surface area contributed by atoms with Gasteiger partial charge in [-0.25, -0.2) is 4.39 Å². The number of rotatable bonds is 3. The average molecular weight is 343 g/mol. The lowest BCUT2D eigenvalue weighted by Crippen LogP contribution is -2.28. The van der Waals surface area contributed by atoms with Gasteiger partial charge in [-0.2, -0.15) is 0 Å². The van der Waals surface area contributed by atoms with Crippen LogP contribution in [-0.2, 0) is 6.54 Å². The largest absolute Gasteiger partial charge is 0.358 e. The first-order chi connectivity index (χ1) is 9.95. The minimum absolute atomic E-state index is 0.279. The summed E-state index contributed by atoms with van der Waals surface area (Å²) < 4.78 is 13.6. The van der Waals surface area contributed by atoms with Gasteiger partial charge < -0.3 is 10.6 Å². The Labute approximate surface area is 138 Å². The number of nitrogens with one attached hydrogen (secondary N) is 2. The second-order valence-corrected chi connectivity index (χ2v) is 5.78. The highest BCUT2D eigenvalue weighted by Crippen LogP contribution is 2.19. The normalized spacial score (nSPS) is 10.3. The summed E-state index contributed by atoms with van der Waals surface area (Å²) in [5, 5.41) is 7.45. The Balaban J connectivity index is 1.96. The number of halogens is 3. The molecule has 0 fully saturated rings. The van der Waals surface area contributed by atoms with Gasteiger partial charge in [-0.3, -0.25) is 0 Å². The van der Waals surface area contributed by atoms with Gasteiger partial charge in [0.25, 0.3) is 0 Å². The van der Waals surface area contributed by atoms with Crippen LogP contribution in [0.1, 0.15) is 11.1 Å². The fraction of sp³-hybridized carbons (Fsp3) is 0.133. The van der Waals surface area contributed by atoms with Crippen LogP contribution in [0.4, 0.5) is 10.1 Å². The van der Waals surface area contributed by atoms with Gasteiger partial charge in [0.1, 0.15) is 5.82 Å². The fourth-order valence-corrected chi connectivity index (χ4v) is 2.34. The summed E-state index contributed by atoms with van der Waals surface area (Å²) in [5.41, 5.74) is 2.33. The second kappa shape index (κ2) is 7.07. The number of anilines is 1. The van der Waals surface area contributed by atoms with Crippen molar-refractivity contribution in [1.82, 2.24) is 5.32 Å². The number of benzene rings is 2.